The summed E-state index contributed by atoms with van der Waals surface area (Å²) in [6, 6.07) is 7.80. The number of rotatable bonds is 8. The van der Waals surface area contributed by atoms with Gasteiger partial charge < -0.3 is 15.0 Å². The molecule has 0 saturated heterocycles. The van der Waals surface area contributed by atoms with Crippen LogP contribution in [0.4, 0.5) is 11.6 Å². The lowest BCUT2D eigenvalue weighted by atomic mass is 10.2. The normalized spacial score (nSPS) is 10.8. The summed E-state index contributed by atoms with van der Waals surface area (Å²) in [4.78, 5) is 27.1. The number of carbonyl (C=O) groups excluding carboxylic acids is 1. The summed E-state index contributed by atoms with van der Waals surface area (Å²) in [5.41, 5.74) is 4.30. The number of benzene rings is 1. The molecule has 2 aromatic rings. The van der Waals surface area contributed by atoms with Crippen LogP contribution in [0.5, 0.6) is 0 Å². The molecule has 1 amide bonds. The molecule has 0 bridgehead atoms. The van der Waals surface area contributed by atoms with E-state index in [1.165, 1.54) is 6.21 Å². The quantitative estimate of drug-likeness (QED) is 0.436. The van der Waals surface area contributed by atoms with Crippen molar-refractivity contribution in [1.82, 2.24) is 20.2 Å². The van der Waals surface area contributed by atoms with Gasteiger partial charge in [0.2, 0.25) is 6.33 Å². The zero-order valence-electron chi connectivity index (χ0n) is 14.0. The van der Waals surface area contributed by atoms with Crippen molar-refractivity contribution in [3.8, 4) is 0 Å². The lowest BCUT2D eigenvalue weighted by Crippen LogP contribution is -2.23. The van der Waals surface area contributed by atoms with Crippen LogP contribution in [-0.2, 0) is 11.3 Å². The van der Waals surface area contributed by atoms with Gasteiger partial charge in [-0.1, -0.05) is 17.1 Å². The van der Waals surface area contributed by atoms with Gasteiger partial charge in [-0.2, -0.15) is 9.78 Å². The molecular weight excluding hydrogens is 326 g/mol. The molecular formula is C15H19N7O3. The van der Waals surface area contributed by atoms with Crippen LogP contribution in [-0.4, -0.2) is 44.9 Å². The van der Waals surface area contributed by atoms with Crippen LogP contribution >= 0.6 is 0 Å². The van der Waals surface area contributed by atoms with Gasteiger partial charge in [0.05, 0.1) is 6.21 Å². The predicted molar refractivity (Wildman–Crippen MR) is 92.4 cm³/mol. The molecule has 0 unspecified atom stereocenters. The smallest absolute Gasteiger partial charge is 0.390 e. The van der Waals surface area contributed by atoms with Gasteiger partial charge in [-0.15, -0.1) is 0 Å². The lowest BCUT2D eigenvalue weighted by Gasteiger charge is -2.20. The molecule has 1 aromatic heterocycles. The summed E-state index contributed by atoms with van der Waals surface area (Å²) in [5, 5.41) is 17.9. The molecule has 0 saturated carbocycles. The van der Waals surface area contributed by atoms with Gasteiger partial charge >= 0.3 is 5.95 Å². The maximum Gasteiger partial charge on any atom is 0.490 e. The number of amides is 1. The molecule has 10 heteroatoms. The van der Waals surface area contributed by atoms with Crippen LogP contribution in [0.3, 0.4) is 0 Å². The molecule has 0 aliphatic rings. The van der Waals surface area contributed by atoms with E-state index < -0.39 is 16.8 Å². The summed E-state index contributed by atoms with van der Waals surface area (Å²) in [5.74, 6) is -1.01. The van der Waals surface area contributed by atoms with E-state index in [2.05, 4.69) is 39.4 Å². The fraction of sp³-hybridized carbons (Fsp3) is 0.333. The maximum atomic E-state index is 11.7. The van der Waals surface area contributed by atoms with Crippen LogP contribution in [0, 0.1) is 10.1 Å². The highest BCUT2D eigenvalue weighted by Gasteiger charge is 2.14. The largest absolute Gasteiger partial charge is 0.490 e. The number of anilines is 1. The molecule has 0 aliphatic heterocycles. The van der Waals surface area contributed by atoms with Crippen molar-refractivity contribution >= 4 is 23.8 Å². The highest BCUT2D eigenvalue weighted by molar-refractivity contribution is 5.82. The topological polar surface area (TPSA) is 119 Å². The Labute approximate surface area is 144 Å². The van der Waals surface area contributed by atoms with E-state index in [9.17, 15) is 14.9 Å². The molecule has 1 aromatic carbocycles. The van der Waals surface area contributed by atoms with Crippen LogP contribution < -0.4 is 10.3 Å². The third kappa shape index (κ3) is 5.09. The number of nitrogens with one attached hydrogen (secondary N) is 1. The van der Waals surface area contributed by atoms with E-state index in [1.807, 2.05) is 24.3 Å². The minimum absolute atomic E-state index is 0.209. The number of hydrogen-bond acceptors (Lipinski definition) is 7. The van der Waals surface area contributed by atoms with Gasteiger partial charge in [0.25, 0.3) is 5.91 Å². The third-order valence-electron chi connectivity index (χ3n) is 3.42. The summed E-state index contributed by atoms with van der Waals surface area (Å²) in [6.45, 7) is 5.84. The average molecular weight is 345 g/mol. The zero-order valence-corrected chi connectivity index (χ0v) is 14.0. The second-order valence-electron chi connectivity index (χ2n) is 5.06. The van der Waals surface area contributed by atoms with Crippen LogP contribution in [0.2, 0.25) is 0 Å². The minimum atomic E-state index is -0.728. The second-order valence-corrected chi connectivity index (χ2v) is 5.06. The Hall–Kier alpha value is -3.30. The van der Waals surface area contributed by atoms with Gasteiger partial charge in [-0.25, -0.2) is 5.43 Å². The van der Waals surface area contributed by atoms with Gasteiger partial charge in [-0.3, -0.25) is 4.79 Å². The summed E-state index contributed by atoms with van der Waals surface area (Å²) in [6.07, 6.45) is 2.64. The standard InChI is InChI=1S/C15H19N7O3/c1-3-20(4-2)13-7-5-12(6-8-13)9-17-18-14(23)10-21-11-16-15(19-21)22(24)25/h5-9,11H,3-4,10H2,1-2H3,(H,18,23)/b17-9+. The van der Waals surface area contributed by atoms with Crippen molar-refractivity contribution < 1.29 is 9.72 Å². The fourth-order valence-corrected chi connectivity index (χ4v) is 2.17. The van der Waals surface area contributed by atoms with Crippen molar-refractivity contribution in [2.45, 2.75) is 20.4 Å². The van der Waals surface area contributed by atoms with E-state index in [0.717, 1.165) is 35.3 Å². The Morgan fingerprint density at radius 2 is 2.04 bits per heavy atom. The first kappa shape index (κ1) is 18.0. The molecule has 0 radical (unpaired) electrons. The first-order chi connectivity index (χ1) is 12.0. The Morgan fingerprint density at radius 1 is 1.36 bits per heavy atom. The zero-order chi connectivity index (χ0) is 18.2. The first-order valence-corrected chi connectivity index (χ1v) is 7.74. The van der Waals surface area contributed by atoms with Gasteiger partial charge in [0.1, 0.15) is 6.54 Å². The molecule has 0 spiro atoms. The van der Waals surface area contributed by atoms with E-state index in [4.69, 9.17) is 0 Å². The Morgan fingerprint density at radius 3 is 2.60 bits per heavy atom. The van der Waals surface area contributed by atoms with Gasteiger partial charge in [0.15, 0.2) is 0 Å². The molecule has 1 heterocycles. The Bertz CT molecular complexity index is 751. The first-order valence-electron chi connectivity index (χ1n) is 7.74. The van der Waals surface area contributed by atoms with E-state index in [1.54, 1.807) is 0 Å². The third-order valence-corrected chi connectivity index (χ3v) is 3.42. The molecule has 0 aliphatic carbocycles. The van der Waals surface area contributed by atoms with Crippen LogP contribution in [0.15, 0.2) is 35.7 Å². The number of hydrogen-bond donors (Lipinski definition) is 1. The molecule has 0 atom stereocenters. The van der Waals surface area contributed by atoms with Crippen molar-refractivity contribution in [2.75, 3.05) is 18.0 Å². The Balaban J connectivity index is 1.87. The van der Waals surface area contributed by atoms with Gasteiger partial charge in [-0.05, 0) is 36.5 Å². The molecule has 0 fully saturated rings. The van der Waals surface area contributed by atoms with Crippen molar-refractivity contribution in [1.29, 1.82) is 0 Å². The highest BCUT2D eigenvalue weighted by Crippen LogP contribution is 2.13. The summed E-state index contributed by atoms with van der Waals surface area (Å²) in [7, 11) is 0. The number of nitrogens with zero attached hydrogens (tertiary/aromatic N) is 6. The Kier molecular flexibility index (Phi) is 6.15. The molecule has 1 N–H and O–H groups in total. The van der Waals surface area contributed by atoms with E-state index >= 15 is 0 Å². The number of hydrazone groups is 1. The number of nitro groups is 1. The second kappa shape index (κ2) is 8.52. The fourth-order valence-electron chi connectivity index (χ4n) is 2.17. The predicted octanol–water partition coefficient (Wildman–Crippen LogP) is 1.18. The molecule has 25 heavy (non-hydrogen) atoms. The summed E-state index contributed by atoms with van der Waals surface area (Å²) < 4.78 is 1.07. The SMILES string of the molecule is CCN(CC)c1ccc(/C=N/NC(=O)Cn2cnc([N+](=O)[O-])n2)cc1. The van der Waals surface area contributed by atoms with E-state index in [0.29, 0.717) is 0 Å². The number of carbonyl (C=O) groups is 1. The van der Waals surface area contributed by atoms with Crippen molar-refractivity contribution in [3.63, 3.8) is 0 Å². The highest BCUT2D eigenvalue weighted by atomic mass is 16.6. The monoisotopic (exact) mass is 345 g/mol. The lowest BCUT2D eigenvalue weighted by molar-refractivity contribution is -0.394. The molecule has 132 valence electrons. The molecule has 10 nitrogen and oxygen atoms in total. The number of aromatic nitrogens is 3. The van der Waals surface area contributed by atoms with Crippen molar-refractivity contribution in [2.24, 2.45) is 5.10 Å². The summed E-state index contributed by atoms with van der Waals surface area (Å²) >= 11 is 0. The average Bonchev–Trinajstić information content (AvgIpc) is 3.06. The van der Waals surface area contributed by atoms with Crippen LogP contribution in [0.1, 0.15) is 19.4 Å². The van der Waals surface area contributed by atoms with Crippen molar-refractivity contribution in [3.05, 3.63) is 46.3 Å². The van der Waals surface area contributed by atoms with E-state index in [-0.39, 0.29) is 6.54 Å². The maximum absolute atomic E-state index is 11.7. The minimum Gasteiger partial charge on any atom is -0.390 e. The van der Waals surface area contributed by atoms with Gasteiger partial charge in [0, 0.05) is 23.9 Å². The van der Waals surface area contributed by atoms with Crippen LogP contribution in [0.25, 0.3) is 0 Å². The molecule has 2 rings (SSSR count).